The Morgan fingerprint density at radius 2 is 0.643 bits per heavy atom. The van der Waals surface area contributed by atoms with Crippen LogP contribution in [0.2, 0.25) is 6.55 Å². The van der Waals surface area contributed by atoms with Crippen LogP contribution in [0.25, 0.3) is 0 Å². The summed E-state index contributed by atoms with van der Waals surface area (Å²) >= 11 is 0. The largest absolute Gasteiger partial charge is 0.0744 e. The molecular formula is C27H57Si. The van der Waals surface area contributed by atoms with Gasteiger partial charge in [-0.1, -0.05) is 168 Å². The molecule has 169 valence electrons. The zero-order chi connectivity index (χ0) is 20.5. The van der Waals surface area contributed by atoms with Gasteiger partial charge in [-0.05, 0) is 5.54 Å². The molecule has 1 heteroatoms. The van der Waals surface area contributed by atoms with Crippen LogP contribution in [-0.2, 0) is 0 Å². The van der Waals surface area contributed by atoms with E-state index >= 15 is 0 Å². The number of unbranched alkanes of at least 4 members (excludes halogenated alkanes) is 19. The van der Waals surface area contributed by atoms with E-state index in [1.165, 1.54) is 148 Å². The lowest BCUT2D eigenvalue weighted by molar-refractivity contribution is 0.539. The molecule has 0 heterocycles. The highest BCUT2D eigenvalue weighted by Gasteiger charge is 2.06. The van der Waals surface area contributed by atoms with Crippen LogP contribution in [0.15, 0.2) is 0 Å². The average molecular weight is 410 g/mol. The molecule has 0 saturated heterocycles. The van der Waals surface area contributed by atoms with Gasteiger partial charge in [-0.15, -0.1) is 0 Å². The Labute approximate surface area is 183 Å². The molecular weight excluding hydrogens is 352 g/mol. The monoisotopic (exact) mass is 409 g/mol. The van der Waals surface area contributed by atoms with Gasteiger partial charge in [0.25, 0.3) is 0 Å². The van der Waals surface area contributed by atoms with Gasteiger partial charge in [0.2, 0.25) is 0 Å². The Bertz CT molecular complexity index is 263. The fourth-order valence-corrected chi connectivity index (χ4v) is 5.59. The lowest BCUT2D eigenvalue weighted by Gasteiger charge is -2.13. The van der Waals surface area contributed by atoms with Gasteiger partial charge >= 0.3 is 0 Å². The Morgan fingerprint density at radius 1 is 0.393 bits per heavy atom. The summed E-state index contributed by atoms with van der Waals surface area (Å²) in [4.78, 5) is 0. The van der Waals surface area contributed by atoms with Gasteiger partial charge in [-0.3, -0.25) is 0 Å². The zero-order valence-electron chi connectivity index (χ0n) is 20.5. The topological polar surface area (TPSA) is 0 Å². The third-order valence-corrected chi connectivity index (χ3v) is 8.22. The summed E-state index contributed by atoms with van der Waals surface area (Å²) in [5, 5.41) is 0. The second-order valence-electron chi connectivity index (χ2n) is 9.32. The Morgan fingerprint density at radius 3 is 0.893 bits per heavy atom. The third-order valence-electron chi connectivity index (χ3n) is 6.52. The van der Waals surface area contributed by atoms with E-state index in [2.05, 4.69) is 20.4 Å². The molecule has 0 atom stereocenters. The van der Waals surface area contributed by atoms with E-state index in [1.807, 2.05) is 5.54 Å². The molecule has 0 amide bonds. The van der Waals surface area contributed by atoms with Crippen molar-refractivity contribution in [2.45, 2.75) is 168 Å². The second-order valence-corrected chi connectivity index (χ2v) is 11.0. The highest BCUT2D eigenvalue weighted by atomic mass is 28.2. The van der Waals surface area contributed by atoms with Gasteiger partial charge < -0.3 is 0 Å². The molecule has 0 rings (SSSR count). The van der Waals surface area contributed by atoms with Crippen molar-refractivity contribution in [2.75, 3.05) is 0 Å². The second kappa shape index (κ2) is 25.3. The van der Waals surface area contributed by atoms with Crippen molar-refractivity contribution in [3.05, 3.63) is 5.54 Å². The molecule has 0 N–H and O–H groups in total. The summed E-state index contributed by atoms with van der Waals surface area (Å²) < 4.78 is 0. The molecule has 0 spiro atoms. The molecule has 0 aromatic heterocycles. The van der Waals surface area contributed by atoms with Gasteiger partial charge in [-0.2, -0.15) is 0 Å². The highest BCUT2D eigenvalue weighted by molar-refractivity contribution is 6.41. The first-order valence-corrected chi connectivity index (χ1v) is 15.8. The molecule has 0 aliphatic rings. The molecule has 1 radical (unpaired) electrons. The summed E-state index contributed by atoms with van der Waals surface area (Å²) in [7, 11) is 0.131. The van der Waals surface area contributed by atoms with Gasteiger partial charge in [-0.25, -0.2) is 0 Å². The molecule has 28 heavy (non-hydrogen) atoms. The quantitative estimate of drug-likeness (QED) is 0.110. The van der Waals surface area contributed by atoms with Crippen LogP contribution >= 0.6 is 0 Å². The van der Waals surface area contributed by atoms with Crippen LogP contribution in [-0.4, -0.2) is 9.52 Å². The zero-order valence-corrected chi connectivity index (χ0v) is 21.9. The molecule has 0 bridgehead atoms. The van der Waals surface area contributed by atoms with E-state index in [-0.39, 0.29) is 9.52 Å². The first-order valence-electron chi connectivity index (χ1n) is 13.7. The Balaban J connectivity index is 3.27. The number of hydrogen-bond donors (Lipinski definition) is 0. The van der Waals surface area contributed by atoms with Crippen molar-refractivity contribution in [1.82, 2.24) is 0 Å². The van der Waals surface area contributed by atoms with Crippen LogP contribution in [0, 0.1) is 5.54 Å². The number of hydrogen-bond acceptors (Lipinski definition) is 0. The van der Waals surface area contributed by atoms with E-state index in [9.17, 15) is 0 Å². The Kier molecular flexibility index (Phi) is 25.4. The van der Waals surface area contributed by atoms with E-state index in [4.69, 9.17) is 0 Å². The van der Waals surface area contributed by atoms with Crippen LogP contribution < -0.4 is 0 Å². The lowest BCUT2D eigenvalue weighted by atomic mass is 10.0. The van der Waals surface area contributed by atoms with Crippen molar-refractivity contribution < 1.29 is 0 Å². The summed E-state index contributed by atoms with van der Waals surface area (Å²) in [6, 6.07) is 0. The normalized spacial score (nSPS) is 12.0. The van der Waals surface area contributed by atoms with Crippen molar-refractivity contribution in [3.63, 3.8) is 0 Å². The predicted octanol–water partition coefficient (Wildman–Crippen LogP) is 9.75. The minimum atomic E-state index is 0.131. The van der Waals surface area contributed by atoms with Crippen LogP contribution in [0.1, 0.15) is 162 Å². The van der Waals surface area contributed by atoms with Gasteiger partial charge in [0, 0.05) is 9.52 Å². The molecule has 0 aromatic rings. The molecule has 0 nitrogen and oxygen atoms in total. The van der Waals surface area contributed by atoms with Crippen LogP contribution in [0.5, 0.6) is 0 Å². The molecule has 0 unspecified atom stereocenters. The summed E-state index contributed by atoms with van der Waals surface area (Å²) in [6.07, 6.45) is 33.9. The summed E-state index contributed by atoms with van der Waals surface area (Å²) in [5.41, 5.74) is 2.00. The van der Waals surface area contributed by atoms with Crippen molar-refractivity contribution in [3.8, 4) is 0 Å². The van der Waals surface area contributed by atoms with E-state index in [0.717, 1.165) is 0 Å². The number of rotatable bonds is 24. The van der Waals surface area contributed by atoms with Gasteiger partial charge in [0.15, 0.2) is 0 Å². The fourth-order valence-electron chi connectivity index (χ4n) is 4.38. The van der Waals surface area contributed by atoms with Crippen LogP contribution in [0.3, 0.4) is 0 Å². The highest BCUT2D eigenvalue weighted by Crippen LogP contribution is 2.20. The summed E-state index contributed by atoms with van der Waals surface area (Å²) in [6.45, 7) is 7.13. The molecule has 0 aromatic carbocycles. The SMILES string of the molecule is CCCCCCCCCCCCC[C](CCCCCCCCCCCC)[SiH2]C. The van der Waals surface area contributed by atoms with Crippen LogP contribution in [0.4, 0.5) is 0 Å². The first kappa shape index (κ1) is 28.2. The van der Waals surface area contributed by atoms with Crippen molar-refractivity contribution >= 4 is 9.52 Å². The van der Waals surface area contributed by atoms with E-state index in [1.54, 1.807) is 0 Å². The van der Waals surface area contributed by atoms with Gasteiger partial charge in [0.05, 0.1) is 0 Å². The fraction of sp³-hybridized carbons (Fsp3) is 0.963. The van der Waals surface area contributed by atoms with E-state index < -0.39 is 0 Å². The molecule has 0 aliphatic heterocycles. The van der Waals surface area contributed by atoms with Crippen molar-refractivity contribution in [2.24, 2.45) is 0 Å². The Hall–Kier alpha value is 0.217. The average Bonchev–Trinajstić information content (AvgIpc) is 2.71. The molecule has 0 fully saturated rings. The minimum Gasteiger partial charge on any atom is -0.0744 e. The van der Waals surface area contributed by atoms with Gasteiger partial charge in [0.1, 0.15) is 0 Å². The molecule has 0 saturated carbocycles. The predicted molar refractivity (Wildman–Crippen MR) is 135 cm³/mol. The molecule has 0 aliphatic carbocycles. The maximum atomic E-state index is 2.52. The smallest absolute Gasteiger partial charge is 0.0243 e. The maximum absolute atomic E-state index is 2.52. The third kappa shape index (κ3) is 22.5. The standard InChI is InChI=1S/C27H57Si/c1-4-6-8-10-12-14-16-18-20-22-24-26-27(28-3)25-23-21-19-17-15-13-11-9-7-5-2/h4-26,28H2,1-3H3. The summed E-state index contributed by atoms with van der Waals surface area (Å²) in [5.74, 6) is 0. The maximum Gasteiger partial charge on any atom is 0.0243 e. The van der Waals surface area contributed by atoms with E-state index in [0.29, 0.717) is 0 Å². The van der Waals surface area contributed by atoms with Crippen molar-refractivity contribution in [1.29, 1.82) is 0 Å². The minimum absolute atomic E-state index is 0.131. The first-order chi connectivity index (χ1) is 13.8. The lowest BCUT2D eigenvalue weighted by Crippen LogP contribution is -2.04.